The van der Waals surface area contributed by atoms with E-state index in [2.05, 4.69) is 15.2 Å². The van der Waals surface area contributed by atoms with E-state index < -0.39 is 12.6 Å². The minimum Gasteiger partial charge on any atom is -0.480 e. The van der Waals surface area contributed by atoms with Gasteiger partial charge >= 0.3 is 5.97 Å². The van der Waals surface area contributed by atoms with E-state index in [1.54, 1.807) is 24.0 Å². The van der Waals surface area contributed by atoms with Gasteiger partial charge in [-0.3, -0.25) is 9.48 Å². The summed E-state index contributed by atoms with van der Waals surface area (Å²) in [6.45, 7) is -0.394. The van der Waals surface area contributed by atoms with Crippen LogP contribution < -0.4 is 5.32 Å². The number of carbonyl (C=O) groups is 2. The SMILES string of the molecule is Cn1nccc1CNC(=O)COCC(=O)O. The van der Waals surface area contributed by atoms with Gasteiger partial charge in [0.05, 0.1) is 12.2 Å². The first kappa shape index (κ1) is 12.2. The van der Waals surface area contributed by atoms with Gasteiger partial charge in [0.2, 0.25) is 5.91 Å². The Balaban J connectivity index is 2.20. The summed E-state index contributed by atoms with van der Waals surface area (Å²) in [4.78, 5) is 21.3. The molecule has 1 amide bonds. The third kappa shape index (κ3) is 4.09. The van der Waals surface area contributed by atoms with Crippen molar-refractivity contribution in [2.45, 2.75) is 6.54 Å². The fourth-order valence-electron chi connectivity index (χ4n) is 1.05. The zero-order valence-electron chi connectivity index (χ0n) is 8.84. The maximum atomic E-state index is 11.2. The summed E-state index contributed by atoms with van der Waals surface area (Å²) in [6.07, 6.45) is 1.63. The summed E-state index contributed by atoms with van der Waals surface area (Å²) in [5, 5.41) is 14.8. The molecule has 0 aliphatic heterocycles. The van der Waals surface area contributed by atoms with Crippen molar-refractivity contribution in [2.24, 2.45) is 7.05 Å². The minimum absolute atomic E-state index is 0.260. The smallest absolute Gasteiger partial charge is 0.329 e. The molecular formula is C9H13N3O4. The highest BCUT2D eigenvalue weighted by atomic mass is 16.5. The Kier molecular flexibility index (Phi) is 4.46. The Morgan fingerprint density at radius 1 is 1.56 bits per heavy atom. The molecule has 2 N–H and O–H groups in total. The number of nitrogens with zero attached hydrogens (tertiary/aromatic N) is 2. The van der Waals surface area contributed by atoms with Crippen molar-refractivity contribution in [1.29, 1.82) is 0 Å². The molecule has 0 bridgehead atoms. The molecule has 1 aromatic rings. The average molecular weight is 227 g/mol. The lowest BCUT2D eigenvalue weighted by molar-refractivity contribution is -0.143. The molecule has 0 fully saturated rings. The highest BCUT2D eigenvalue weighted by molar-refractivity contribution is 5.77. The van der Waals surface area contributed by atoms with E-state index in [4.69, 9.17) is 5.11 Å². The predicted molar refractivity (Wildman–Crippen MR) is 53.5 cm³/mol. The van der Waals surface area contributed by atoms with Gasteiger partial charge in [-0.15, -0.1) is 0 Å². The number of aryl methyl sites for hydroxylation is 1. The number of carbonyl (C=O) groups excluding carboxylic acids is 1. The molecule has 1 rings (SSSR count). The van der Waals surface area contributed by atoms with Crippen molar-refractivity contribution < 1.29 is 19.4 Å². The molecule has 0 saturated heterocycles. The number of nitrogens with one attached hydrogen (secondary N) is 1. The van der Waals surface area contributed by atoms with Crippen LogP contribution >= 0.6 is 0 Å². The summed E-state index contributed by atoms with van der Waals surface area (Å²) in [5.74, 6) is -1.46. The lowest BCUT2D eigenvalue weighted by atomic mass is 10.4. The zero-order valence-corrected chi connectivity index (χ0v) is 8.84. The van der Waals surface area contributed by atoms with E-state index in [0.717, 1.165) is 5.69 Å². The molecular weight excluding hydrogens is 214 g/mol. The van der Waals surface area contributed by atoms with Crippen LogP contribution in [0.25, 0.3) is 0 Å². The Hall–Kier alpha value is -1.89. The largest absolute Gasteiger partial charge is 0.480 e. The Morgan fingerprint density at radius 3 is 2.88 bits per heavy atom. The topological polar surface area (TPSA) is 93.5 Å². The highest BCUT2D eigenvalue weighted by Gasteiger charge is 2.04. The summed E-state index contributed by atoms with van der Waals surface area (Å²) in [7, 11) is 1.77. The molecule has 7 heteroatoms. The number of carboxylic acid groups (broad SMARTS) is 1. The average Bonchev–Trinajstić information content (AvgIpc) is 2.60. The molecule has 7 nitrogen and oxygen atoms in total. The molecule has 0 aromatic carbocycles. The number of hydrogen-bond acceptors (Lipinski definition) is 4. The van der Waals surface area contributed by atoms with E-state index in [9.17, 15) is 9.59 Å². The highest BCUT2D eigenvalue weighted by Crippen LogP contribution is 1.94. The van der Waals surface area contributed by atoms with Crippen LogP contribution in [-0.2, 0) is 27.9 Å². The first-order valence-electron chi connectivity index (χ1n) is 4.62. The van der Waals surface area contributed by atoms with Gasteiger partial charge in [0.15, 0.2) is 0 Å². The second-order valence-corrected chi connectivity index (χ2v) is 3.11. The molecule has 0 aliphatic rings. The molecule has 0 saturated carbocycles. The van der Waals surface area contributed by atoms with Crippen LogP contribution in [0, 0.1) is 0 Å². The van der Waals surface area contributed by atoms with Crippen LogP contribution in [0.3, 0.4) is 0 Å². The van der Waals surface area contributed by atoms with Crippen molar-refractivity contribution in [3.05, 3.63) is 18.0 Å². The molecule has 0 radical (unpaired) electrons. The van der Waals surface area contributed by atoms with Crippen LogP contribution in [-0.4, -0.2) is 40.0 Å². The Labute approximate surface area is 92.0 Å². The molecule has 0 atom stereocenters. The van der Waals surface area contributed by atoms with Gasteiger partial charge in [0.25, 0.3) is 0 Å². The van der Waals surface area contributed by atoms with Crippen LogP contribution in [0.5, 0.6) is 0 Å². The van der Waals surface area contributed by atoms with Crippen molar-refractivity contribution in [3.63, 3.8) is 0 Å². The Morgan fingerprint density at radius 2 is 2.31 bits per heavy atom. The van der Waals surface area contributed by atoms with Gasteiger partial charge < -0.3 is 15.2 Å². The number of aliphatic carboxylic acids is 1. The third-order valence-electron chi connectivity index (χ3n) is 1.85. The van der Waals surface area contributed by atoms with Crippen molar-refractivity contribution in [3.8, 4) is 0 Å². The number of rotatable bonds is 6. The van der Waals surface area contributed by atoms with Crippen LogP contribution in [0.2, 0.25) is 0 Å². The van der Waals surface area contributed by atoms with Gasteiger partial charge in [-0.2, -0.15) is 5.10 Å². The molecule has 16 heavy (non-hydrogen) atoms. The third-order valence-corrected chi connectivity index (χ3v) is 1.85. The number of amides is 1. The molecule has 0 spiro atoms. The normalized spacial score (nSPS) is 10.1. The van der Waals surface area contributed by atoms with Gasteiger partial charge in [0.1, 0.15) is 13.2 Å². The number of hydrogen-bond donors (Lipinski definition) is 2. The first-order chi connectivity index (χ1) is 7.59. The zero-order chi connectivity index (χ0) is 12.0. The van der Waals surface area contributed by atoms with E-state index in [-0.39, 0.29) is 12.5 Å². The second-order valence-electron chi connectivity index (χ2n) is 3.11. The molecule has 0 aliphatic carbocycles. The van der Waals surface area contributed by atoms with E-state index in [0.29, 0.717) is 6.54 Å². The molecule has 0 unspecified atom stereocenters. The van der Waals surface area contributed by atoms with Crippen molar-refractivity contribution >= 4 is 11.9 Å². The molecule has 1 heterocycles. The van der Waals surface area contributed by atoms with Crippen molar-refractivity contribution in [2.75, 3.05) is 13.2 Å². The molecule has 1 aromatic heterocycles. The van der Waals surface area contributed by atoms with Gasteiger partial charge in [-0.25, -0.2) is 4.79 Å². The number of ether oxygens (including phenoxy) is 1. The van der Waals surface area contributed by atoms with Crippen LogP contribution in [0.15, 0.2) is 12.3 Å². The summed E-state index contributed by atoms with van der Waals surface area (Å²) in [6, 6.07) is 1.78. The number of aromatic nitrogens is 2. The fourth-order valence-corrected chi connectivity index (χ4v) is 1.05. The summed E-state index contributed by atoms with van der Waals surface area (Å²) >= 11 is 0. The van der Waals surface area contributed by atoms with E-state index >= 15 is 0 Å². The van der Waals surface area contributed by atoms with Gasteiger partial charge in [-0.1, -0.05) is 0 Å². The quantitative estimate of drug-likeness (QED) is 0.659. The predicted octanol–water partition coefficient (Wildman–Crippen LogP) is -0.862. The first-order valence-corrected chi connectivity index (χ1v) is 4.62. The second kappa shape index (κ2) is 5.86. The van der Waals surface area contributed by atoms with E-state index in [1.165, 1.54) is 0 Å². The maximum absolute atomic E-state index is 11.2. The number of carboxylic acids is 1. The monoisotopic (exact) mass is 227 g/mol. The summed E-state index contributed by atoms with van der Waals surface area (Å²) in [5.41, 5.74) is 0.853. The van der Waals surface area contributed by atoms with Crippen LogP contribution in [0.1, 0.15) is 5.69 Å². The molecule has 88 valence electrons. The lowest BCUT2D eigenvalue weighted by Gasteiger charge is -2.05. The van der Waals surface area contributed by atoms with Crippen LogP contribution in [0.4, 0.5) is 0 Å². The van der Waals surface area contributed by atoms with Gasteiger partial charge in [-0.05, 0) is 6.07 Å². The summed E-state index contributed by atoms with van der Waals surface area (Å²) < 4.78 is 6.26. The standard InChI is InChI=1S/C9H13N3O4/c1-12-7(2-3-11-12)4-10-8(13)5-16-6-9(14)15/h2-3H,4-6H2,1H3,(H,10,13)(H,14,15). The van der Waals surface area contributed by atoms with Crippen molar-refractivity contribution in [1.82, 2.24) is 15.1 Å². The Bertz CT molecular complexity index is 375. The van der Waals surface area contributed by atoms with Gasteiger partial charge in [0, 0.05) is 13.2 Å². The maximum Gasteiger partial charge on any atom is 0.329 e. The van der Waals surface area contributed by atoms with E-state index in [1.807, 2.05) is 0 Å². The minimum atomic E-state index is -1.10. The lowest BCUT2D eigenvalue weighted by Crippen LogP contribution is -2.28. The fraction of sp³-hybridized carbons (Fsp3) is 0.444.